The highest BCUT2D eigenvalue weighted by molar-refractivity contribution is 5.96. The highest BCUT2D eigenvalue weighted by Crippen LogP contribution is 2.66. The molecular weight excluding hydrogens is 532 g/mol. The molecule has 2 N–H and O–H groups in total. The molecule has 1 aromatic rings. The lowest BCUT2D eigenvalue weighted by atomic mass is 9.46. The second kappa shape index (κ2) is 12.2. The number of amides is 1. The van der Waals surface area contributed by atoms with E-state index in [2.05, 4.69) is 30.4 Å². The van der Waals surface area contributed by atoms with Crippen LogP contribution in [0.2, 0.25) is 0 Å². The molecule has 0 saturated heterocycles. The molecule has 3 fully saturated rings. The lowest BCUT2D eigenvalue weighted by Gasteiger charge is -2.58. The van der Waals surface area contributed by atoms with Gasteiger partial charge >= 0.3 is 5.97 Å². The average Bonchev–Trinajstić information content (AvgIpc) is 3.31. The molecule has 0 radical (unpaired) electrons. The van der Waals surface area contributed by atoms with Gasteiger partial charge in [0.25, 0.3) is 5.91 Å². The van der Waals surface area contributed by atoms with Crippen molar-refractivity contribution in [1.29, 1.82) is 0 Å². The van der Waals surface area contributed by atoms with Crippen molar-refractivity contribution in [2.24, 2.45) is 39.7 Å². The molecule has 8 heteroatoms. The molecule has 4 aliphatic rings. The van der Waals surface area contributed by atoms with Gasteiger partial charge in [-0.2, -0.15) is 0 Å². The Morgan fingerprint density at radius 2 is 1.81 bits per heavy atom. The number of fused-ring (bicyclic) bond motifs is 5. The van der Waals surface area contributed by atoms with Crippen LogP contribution in [0.4, 0.5) is 0 Å². The van der Waals surface area contributed by atoms with Crippen molar-refractivity contribution < 1.29 is 29.1 Å². The van der Waals surface area contributed by atoms with E-state index in [9.17, 15) is 19.5 Å². The number of benzene rings is 1. The number of carbonyl (C=O) groups is 3. The maximum atomic E-state index is 12.7. The van der Waals surface area contributed by atoms with Crippen LogP contribution in [0.1, 0.15) is 84.6 Å². The van der Waals surface area contributed by atoms with E-state index in [4.69, 9.17) is 9.57 Å². The van der Waals surface area contributed by atoms with Gasteiger partial charge in [-0.25, -0.2) is 4.79 Å². The third-order valence-electron chi connectivity index (χ3n) is 11.1. The zero-order valence-electron chi connectivity index (χ0n) is 25.5. The van der Waals surface area contributed by atoms with Gasteiger partial charge in [0.1, 0.15) is 17.6 Å². The molecule has 1 aromatic carbocycles. The number of rotatable bonds is 9. The quantitative estimate of drug-likeness (QED) is 0.295. The minimum atomic E-state index is -0.867. The van der Waals surface area contributed by atoms with E-state index in [1.54, 1.807) is 38.1 Å². The number of Topliss-reactive ketones (excluding diaryl/α,β-unsaturated/α-hetero) is 1. The maximum Gasteiger partial charge on any atom is 0.328 e. The van der Waals surface area contributed by atoms with E-state index in [1.807, 2.05) is 0 Å². The first-order valence-corrected chi connectivity index (χ1v) is 15.7. The molecule has 0 spiro atoms. The number of oxime groups is 1. The molecule has 0 aromatic heterocycles. The molecule has 0 unspecified atom stereocenters. The van der Waals surface area contributed by atoms with E-state index in [-0.39, 0.29) is 42.1 Å². The Morgan fingerprint density at radius 1 is 1.05 bits per heavy atom. The molecule has 3 saturated carbocycles. The van der Waals surface area contributed by atoms with Crippen LogP contribution in [-0.2, 0) is 30.4 Å². The van der Waals surface area contributed by atoms with Crippen LogP contribution in [-0.4, -0.2) is 47.7 Å². The Labute approximate surface area is 249 Å². The average molecular weight is 579 g/mol. The number of aromatic hydroxyl groups is 1. The minimum Gasteiger partial charge on any atom is -0.508 e. The lowest BCUT2D eigenvalue weighted by molar-refractivity contribution is -0.147. The van der Waals surface area contributed by atoms with Gasteiger partial charge in [0.2, 0.25) is 0 Å². The highest BCUT2D eigenvalue weighted by atomic mass is 16.6. The number of ether oxygens (including phenoxy) is 1. The summed E-state index contributed by atoms with van der Waals surface area (Å²) in [4.78, 5) is 43.1. The van der Waals surface area contributed by atoms with Crippen LogP contribution in [0.3, 0.4) is 0 Å². The number of phenols is 1. The number of phenolic OH excluding ortho intramolecular Hbond substituents is 1. The van der Waals surface area contributed by atoms with E-state index in [1.165, 1.54) is 24.8 Å². The Hall–Kier alpha value is -3.16. The summed E-state index contributed by atoms with van der Waals surface area (Å²) in [6, 6.07) is 5.62. The fourth-order valence-corrected chi connectivity index (χ4v) is 9.02. The minimum absolute atomic E-state index is 0.132. The van der Waals surface area contributed by atoms with Crippen molar-refractivity contribution in [1.82, 2.24) is 5.32 Å². The normalized spacial score (nSPS) is 33.4. The van der Waals surface area contributed by atoms with Crippen molar-refractivity contribution in [2.45, 2.75) is 91.5 Å². The molecule has 228 valence electrons. The SMILES string of the molecule is CCOC(=O)[C@@H](Cc1ccc(O)cc1)NC(=O)CO/N=C1/C=C2CC[C@H]3[C@@H]4CC[C@H](C(C)=O)[C@@]4(C)CC[C@@H]3[C@@]2(C)CC1. The third-order valence-corrected chi connectivity index (χ3v) is 11.1. The number of hydrogen-bond donors (Lipinski definition) is 2. The van der Waals surface area contributed by atoms with E-state index < -0.39 is 17.9 Å². The summed E-state index contributed by atoms with van der Waals surface area (Å²) in [6.07, 6.45) is 11.0. The second-order valence-electron chi connectivity index (χ2n) is 13.4. The van der Waals surface area contributed by atoms with Crippen molar-refractivity contribution in [3.8, 4) is 5.75 Å². The number of ketones is 1. The zero-order chi connectivity index (χ0) is 30.1. The first-order chi connectivity index (χ1) is 20.0. The summed E-state index contributed by atoms with van der Waals surface area (Å²) in [5, 5.41) is 16.6. The standard InChI is InChI=1S/C34H46N2O6/c1-5-41-32(40)30(18-22-6-9-25(38)10-7-22)35-31(39)20-42-36-24-14-16-33(3)23(19-24)8-11-26-28-13-12-27(21(2)37)34(28,4)17-15-29(26)33/h6-7,9-10,19,26-30,38H,5,8,11-18,20H2,1-4H3,(H,35,39)/b36-24+/t26-,27+,28-,29-,30+,33-,34+/m0/s1. The topological polar surface area (TPSA) is 114 Å². The summed E-state index contributed by atoms with van der Waals surface area (Å²) in [6.45, 7) is 8.25. The van der Waals surface area contributed by atoms with Gasteiger partial charge in [-0.15, -0.1) is 0 Å². The van der Waals surface area contributed by atoms with Crippen LogP contribution in [0.15, 0.2) is 41.1 Å². The number of esters is 1. The fraction of sp³-hybridized carbons (Fsp3) is 0.647. The molecule has 0 aliphatic heterocycles. The summed E-state index contributed by atoms with van der Waals surface area (Å²) >= 11 is 0. The monoisotopic (exact) mass is 578 g/mol. The van der Waals surface area contributed by atoms with Crippen LogP contribution in [0.5, 0.6) is 5.75 Å². The number of allylic oxidation sites excluding steroid dienone is 2. The predicted molar refractivity (Wildman–Crippen MR) is 160 cm³/mol. The Bertz CT molecular complexity index is 1250. The number of hydrogen-bond acceptors (Lipinski definition) is 7. The molecular formula is C34H46N2O6. The predicted octanol–water partition coefficient (Wildman–Crippen LogP) is 5.52. The molecule has 4 aliphatic carbocycles. The van der Waals surface area contributed by atoms with Gasteiger partial charge in [0, 0.05) is 12.3 Å². The Balaban J connectivity index is 1.19. The lowest BCUT2D eigenvalue weighted by Crippen LogP contribution is -2.51. The molecule has 1 amide bonds. The largest absolute Gasteiger partial charge is 0.508 e. The van der Waals surface area contributed by atoms with Gasteiger partial charge in [0.15, 0.2) is 6.61 Å². The third kappa shape index (κ3) is 5.86. The van der Waals surface area contributed by atoms with Gasteiger partial charge in [-0.3, -0.25) is 9.59 Å². The van der Waals surface area contributed by atoms with Gasteiger partial charge in [-0.1, -0.05) is 36.7 Å². The molecule has 0 heterocycles. The van der Waals surface area contributed by atoms with E-state index in [0.29, 0.717) is 23.5 Å². The fourth-order valence-electron chi connectivity index (χ4n) is 9.02. The molecule has 7 atom stereocenters. The van der Waals surface area contributed by atoms with Crippen LogP contribution in [0, 0.1) is 34.5 Å². The van der Waals surface area contributed by atoms with Crippen molar-refractivity contribution in [3.63, 3.8) is 0 Å². The molecule has 8 nitrogen and oxygen atoms in total. The molecule has 5 rings (SSSR count). The van der Waals surface area contributed by atoms with Crippen LogP contribution < -0.4 is 5.32 Å². The van der Waals surface area contributed by atoms with Crippen LogP contribution >= 0.6 is 0 Å². The second-order valence-corrected chi connectivity index (χ2v) is 13.4. The zero-order valence-corrected chi connectivity index (χ0v) is 25.5. The van der Waals surface area contributed by atoms with Gasteiger partial charge in [0.05, 0.1) is 12.3 Å². The molecule has 0 bridgehead atoms. The number of nitrogens with zero attached hydrogens (tertiary/aromatic N) is 1. The highest BCUT2D eigenvalue weighted by Gasteiger charge is 2.59. The van der Waals surface area contributed by atoms with Gasteiger partial charge < -0.3 is 20.0 Å². The first-order valence-electron chi connectivity index (χ1n) is 15.7. The maximum absolute atomic E-state index is 12.7. The van der Waals surface area contributed by atoms with Crippen LogP contribution in [0.25, 0.3) is 0 Å². The van der Waals surface area contributed by atoms with E-state index in [0.717, 1.165) is 43.4 Å². The van der Waals surface area contributed by atoms with Crippen molar-refractivity contribution in [3.05, 3.63) is 41.5 Å². The summed E-state index contributed by atoms with van der Waals surface area (Å²) in [5.74, 6) is 1.74. The van der Waals surface area contributed by atoms with Crippen molar-refractivity contribution in [2.75, 3.05) is 13.2 Å². The van der Waals surface area contributed by atoms with Gasteiger partial charge in [-0.05, 0) is 118 Å². The van der Waals surface area contributed by atoms with E-state index >= 15 is 0 Å². The summed E-state index contributed by atoms with van der Waals surface area (Å²) in [5.41, 5.74) is 3.40. The summed E-state index contributed by atoms with van der Waals surface area (Å²) in [7, 11) is 0. The van der Waals surface area contributed by atoms with Crippen molar-refractivity contribution >= 4 is 23.4 Å². The number of carbonyl (C=O) groups excluding carboxylic acids is 3. The smallest absolute Gasteiger partial charge is 0.328 e. The Morgan fingerprint density at radius 3 is 2.52 bits per heavy atom. The number of nitrogens with one attached hydrogen (secondary N) is 1. The molecule has 42 heavy (non-hydrogen) atoms. The Kier molecular flexibility index (Phi) is 8.81. The first kappa shape index (κ1) is 30.3. The summed E-state index contributed by atoms with van der Waals surface area (Å²) < 4.78 is 5.15.